The molecule has 0 unspecified atom stereocenters. The summed E-state index contributed by atoms with van der Waals surface area (Å²) in [5.41, 5.74) is 2.70. The van der Waals surface area contributed by atoms with Gasteiger partial charge in [-0.25, -0.2) is 0 Å². The Morgan fingerprint density at radius 1 is 1.12 bits per heavy atom. The van der Waals surface area contributed by atoms with Gasteiger partial charge in [0, 0.05) is 11.5 Å². The summed E-state index contributed by atoms with van der Waals surface area (Å²) < 4.78 is 0. The first-order valence-corrected chi connectivity index (χ1v) is 5.79. The van der Waals surface area contributed by atoms with Crippen LogP contribution in [0.4, 0.5) is 0 Å². The van der Waals surface area contributed by atoms with E-state index in [-0.39, 0.29) is 24.2 Å². The SMILES string of the molecule is Cc1cc(C)cc(C(=O)NCC(=O)C(C)C)c1. The molecule has 1 amide bonds. The minimum Gasteiger partial charge on any atom is -0.345 e. The Bertz CT molecular complexity index is 416. The van der Waals surface area contributed by atoms with Crippen molar-refractivity contribution in [3.63, 3.8) is 0 Å². The van der Waals surface area contributed by atoms with E-state index in [1.807, 2.05) is 45.9 Å². The molecule has 0 spiro atoms. The van der Waals surface area contributed by atoms with Gasteiger partial charge < -0.3 is 5.32 Å². The average Bonchev–Trinajstić information content (AvgIpc) is 2.23. The Hall–Kier alpha value is -1.64. The fourth-order valence-corrected chi connectivity index (χ4v) is 1.58. The molecule has 0 aliphatic heterocycles. The highest BCUT2D eigenvalue weighted by Gasteiger charge is 2.11. The van der Waals surface area contributed by atoms with Crippen LogP contribution in [0.5, 0.6) is 0 Å². The number of benzene rings is 1. The van der Waals surface area contributed by atoms with Gasteiger partial charge in [-0.15, -0.1) is 0 Å². The van der Waals surface area contributed by atoms with E-state index in [2.05, 4.69) is 5.32 Å². The predicted molar refractivity (Wildman–Crippen MR) is 68.1 cm³/mol. The smallest absolute Gasteiger partial charge is 0.251 e. The fraction of sp³-hybridized carbons (Fsp3) is 0.429. The Balaban J connectivity index is 2.67. The lowest BCUT2D eigenvalue weighted by molar-refractivity contribution is -0.120. The van der Waals surface area contributed by atoms with Crippen molar-refractivity contribution in [2.45, 2.75) is 27.7 Å². The van der Waals surface area contributed by atoms with Crippen LogP contribution in [0.3, 0.4) is 0 Å². The summed E-state index contributed by atoms with van der Waals surface area (Å²) in [6, 6.07) is 5.65. The Labute approximate surface area is 102 Å². The predicted octanol–water partition coefficient (Wildman–Crippen LogP) is 2.26. The molecule has 92 valence electrons. The Morgan fingerprint density at radius 2 is 1.65 bits per heavy atom. The first-order chi connectivity index (χ1) is 7.90. The molecule has 0 saturated heterocycles. The monoisotopic (exact) mass is 233 g/mol. The lowest BCUT2D eigenvalue weighted by Crippen LogP contribution is -2.31. The molecule has 0 radical (unpaired) electrons. The second-order valence-electron chi connectivity index (χ2n) is 4.68. The van der Waals surface area contributed by atoms with Crippen LogP contribution < -0.4 is 5.32 Å². The summed E-state index contributed by atoms with van der Waals surface area (Å²) in [6.07, 6.45) is 0. The highest BCUT2D eigenvalue weighted by atomic mass is 16.2. The van der Waals surface area contributed by atoms with Crippen molar-refractivity contribution in [1.29, 1.82) is 0 Å². The molecule has 0 atom stereocenters. The number of carbonyl (C=O) groups excluding carboxylic acids is 2. The molecule has 1 N–H and O–H groups in total. The van der Waals surface area contributed by atoms with E-state index in [1.54, 1.807) is 0 Å². The number of ketones is 1. The fourth-order valence-electron chi connectivity index (χ4n) is 1.58. The van der Waals surface area contributed by atoms with Gasteiger partial charge in [0.1, 0.15) is 0 Å². The number of nitrogens with one attached hydrogen (secondary N) is 1. The molecular formula is C14H19NO2. The molecule has 17 heavy (non-hydrogen) atoms. The van der Waals surface area contributed by atoms with Crippen molar-refractivity contribution < 1.29 is 9.59 Å². The second-order valence-corrected chi connectivity index (χ2v) is 4.68. The van der Waals surface area contributed by atoms with Crippen molar-refractivity contribution in [3.05, 3.63) is 34.9 Å². The van der Waals surface area contributed by atoms with Gasteiger partial charge in [-0.3, -0.25) is 9.59 Å². The third-order valence-corrected chi connectivity index (χ3v) is 2.55. The number of rotatable bonds is 4. The van der Waals surface area contributed by atoms with Gasteiger partial charge in [-0.2, -0.15) is 0 Å². The molecule has 0 fully saturated rings. The number of Topliss-reactive ketones (excluding diaryl/α,β-unsaturated/α-hetero) is 1. The minimum absolute atomic E-state index is 0.0442. The molecule has 3 nitrogen and oxygen atoms in total. The molecule has 0 aliphatic rings. The third kappa shape index (κ3) is 4.02. The van der Waals surface area contributed by atoms with Gasteiger partial charge >= 0.3 is 0 Å². The first kappa shape index (κ1) is 13.4. The van der Waals surface area contributed by atoms with E-state index in [4.69, 9.17) is 0 Å². The van der Waals surface area contributed by atoms with Crippen LogP contribution in [0.15, 0.2) is 18.2 Å². The van der Waals surface area contributed by atoms with E-state index in [1.165, 1.54) is 0 Å². The summed E-state index contributed by atoms with van der Waals surface area (Å²) in [5.74, 6) is -0.192. The Kier molecular flexibility index (Phi) is 4.44. The van der Waals surface area contributed by atoms with Gasteiger partial charge in [-0.05, 0) is 26.0 Å². The highest BCUT2D eigenvalue weighted by molar-refractivity contribution is 5.97. The summed E-state index contributed by atoms with van der Waals surface area (Å²) >= 11 is 0. The van der Waals surface area contributed by atoms with Crippen LogP contribution in [0.2, 0.25) is 0 Å². The zero-order chi connectivity index (χ0) is 13.0. The molecule has 0 aromatic heterocycles. The van der Waals surface area contributed by atoms with Gasteiger partial charge in [0.25, 0.3) is 5.91 Å². The standard InChI is InChI=1S/C14H19NO2/c1-9(2)13(16)8-15-14(17)12-6-10(3)5-11(4)7-12/h5-7,9H,8H2,1-4H3,(H,15,17). The van der Waals surface area contributed by atoms with Crippen LogP contribution >= 0.6 is 0 Å². The minimum atomic E-state index is -0.189. The lowest BCUT2D eigenvalue weighted by atomic mass is 10.1. The molecule has 0 saturated carbocycles. The highest BCUT2D eigenvalue weighted by Crippen LogP contribution is 2.08. The van der Waals surface area contributed by atoms with Crippen molar-refractivity contribution in [3.8, 4) is 0 Å². The number of carbonyl (C=O) groups is 2. The van der Waals surface area contributed by atoms with Crippen molar-refractivity contribution in [2.24, 2.45) is 5.92 Å². The molecule has 1 rings (SSSR count). The largest absolute Gasteiger partial charge is 0.345 e. The quantitative estimate of drug-likeness (QED) is 0.867. The molecule has 0 aliphatic carbocycles. The van der Waals surface area contributed by atoms with E-state index < -0.39 is 0 Å². The zero-order valence-corrected chi connectivity index (χ0v) is 10.8. The van der Waals surface area contributed by atoms with Crippen molar-refractivity contribution in [2.75, 3.05) is 6.54 Å². The number of hydrogen-bond acceptors (Lipinski definition) is 2. The van der Waals surface area contributed by atoms with Gasteiger partial charge in [0.05, 0.1) is 6.54 Å². The van der Waals surface area contributed by atoms with Crippen molar-refractivity contribution >= 4 is 11.7 Å². The normalized spacial score (nSPS) is 10.4. The zero-order valence-electron chi connectivity index (χ0n) is 10.8. The van der Waals surface area contributed by atoms with Gasteiger partial charge in [0.2, 0.25) is 0 Å². The van der Waals surface area contributed by atoms with Crippen LogP contribution in [0.1, 0.15) is 35.3 Å². The lowest BCUT2D eigenvalue weighted by Gasteiger charge is -2.08. The van der Waals surface area contributed by atoms with E-state index in [0.29, 0.717) is 5.56 Å². The Morgan fingerprint density at radius 3 is 2.12 bits per heavy atom. The van der Waals surface area contributed by atoms with Crippen LogP contribution in [-0.4, -0.2) is 18.2 Å². The van der Waals surface area contributed by atoms with Gasteiger partial charge in [0.15, 0.2) is 5.78 Å². The number of aryl methyl sites for hydroxylation is 2. The molecule has 0 bridgehead atoms. The maximum absolute atomic E-state index is 11.8. The van der Waals surface area contributed by atoms with Crippen LogP contribution in [-0.2, 0) is 4.79 Å². The molecule has 3 heteroatoms. The molecule has 0 heterocycles. The number of amides is 1. The molecule has 1 aromatic rings. The maximum Gasteiger partial charge on any atom is 0.251 e. The van der Waals surface area contributed by atoms with Gasteiger partial charge in [-0.1, -0.05) is 31.0 Å². The van der Waals surface area contributed by atoms with Crippen molar-refractivity contribution in [1.82, 2.24) is 5.32 Å². The topological polar surface area (TPSA) is 46.2 Å². The average molecular weight is 233 g/mol. The summed E-state index contributed by atoms with van der Waals surface area (Å²) in [6.45, 7) is 7.65. The summed E-state index contributed by atoms with van der Waals surface area (Å²) in [7, 11) is 0. The first-order valence-electron chi connectivity index (χ1n) is 5.79. The second kappa shape index (κ2) is 5.62. The van der Waals surface area contributed by atoms with Crippen LogP contribution in [0, 0.1) is 19.8 Å². The van der Waals surface area contributed by atoms with Crippen LogP contribution in [0.25, 0.3) is 0 Å². The van der Waals surface area contributed by atoms with E-state index >= 15 is 0 Å². The summed E-state index contributed by atoms with van der Waals surface area (Å²) in [5, 5.41) is 2.65. The number of hydrogen-bond donors (Lipinski definition) is 1. The maximum atomic E-state index is 11.8. The van der Waals surface area contributed by atoms with E-state index in [9.17, 15) is 9.59 Å². The summed E-state index contributed by atoms with van der Waals surface area (Å²) in [4.78, 5) is 23.2. The van der Waals surface area contributed by atoms with E-state index in [0.717, 1.165) is 11.1 Å². The molecular weight excluding hydrogens is 214 g/mol. The third-order valence-electron chi connectivity index (χ3n) is 2.55. The molecule has 1 aromatic carbocycles.